The largest absolute Gasteiger partial charge is 0.462 e. The van der Waals surface area contributed by atoms with Crippen LogP contribution >= 0.6 is 34.8 Å². The van der Waals surface area contributed by atoms with Gasteiger partial charge in [0, 0.05) is 0 Å². The first-order valence-corrected chi connectivity index (χ1v) is 6.12. The molecule has 0 aromatic heterocycles. The Labute approximate surface area is 123 Å². The van der Waals surface area contributed by atoms with Gasteiger partial charge < -0.3 is 4.74 Å². The number of nitrogens with zero attached hydrogens (tertiary/aromatic N) is 1. The predicted octanol–water partition coefficient (Wildman–Crippen LogP) is 4.13. The van der Waals surface area contributed by atoms with E-state index in [1.165, 1.54) is 0 Å². The number of ether oxygens (including phenoxy) is 1. The van der Waals surface area contributed by atoms with E-state index in [-0.39, 0.29) is 32.8 Å². The lowest BCUT2D eigenvalue weighted by molar-refractivity contribution is -0.385. The second kappa shape index (κ2) is 6.23. The first-order chi connectivity index (χ1) is 8.81. The normalized spacial score (nSPS) is 10.1. The topological polar surface area (TPSA) is 69.4 Å². The Kier molecular flexibility index (Phi) is 5.17. The highest BCUT2D eigenvalue weighted by Crippen LogP contribution is 2.42. The van der Waals surface area contributed by atoms with Crippen LogP contribution in [0.3, 0.4) is 0 Å². The van der Waals surface area contributed by atoms with E-state index in [0.717, 1.165) is 6.07 Å². The van der Waals surface area contributed by atoms with Crippen molar-refractivity contribution in [1.29, 1.82) is 0 Å². The highest BCUT2D eigenvalue weighted by Gasteiger charge is 2.28. The van der Waals surface area contributed by atoms with Crippen LogP contribution in [0.5, 0.6) is 0 Å². The summed E-state index contributed by atoms with van der Waals surface area (Å²) in [7, 11) is 0. The van der Waals surface area contributed by atoms with Crippen LogP contribution in [-0.2, 0) is 9.53 Å². The van der Waals surface area contributed by atoms with E-state index in [1.54, 1.807) is 6.92 Å². The van der Waals surface area contributed by atoms with Crippen molar-refractivity contribution in [2.24, 2.45) is 0 Å². The Morgan fingerprint density at radius 3 is 2.47 bits per heavy atom. The number of hydrogen-bond acceptors (Lipinski definition) is 4. The minimum absolute atomic E-state index is 0.0160. The Morgan fingerprint density at radius 2 is 2.00 bits per heavy atom. The SMILES string of the molecule is C=C(C(=O)OCC)c1cc(Cl)c(Cl)c(Cl)c1[N+](=O)[O-]. The van der Waals surface area contributed by atoms with Crippen molar-refractivity contribution in [1.82, 2.24) is 0 Å². The van der Waals surface area contributed by atoms with E-state index >= 15 is 0 Å². The molecule has 0 spiro atoms. The zero-order chi connectivity index (χ0) is 14.7. The number of halogens is 3. The second-order valence-corrected chi connectivity index (χ2v) is 4.50. The van der Waals surface area contributed by atoms with Gasteiger partial charge in [0.1, 0.15) is 5.02 Å². The zero-order valence-electron chi connectivity index (χ0n) is 9.71. The molecule has 0 unspecified atom stereocenters. The molecule has 0 aliphatic rings. The number of carbonyl (C=O) groups excluding carboxylic acids is 1. The van der Waals surface area contributed by atoms with E-state index in [0.29, 0.717) is 0 Å². The molecule has 0 amide bonds. The molecule has 8 heteroatoms. The van der Waals surface area contributed by atoms with Gasteiger partial charge in [0.15, 0.2) is 0 Å². The molecule has 0 saturated heterocycles. The van der Waals surface area contributed by atoms with Crippen molar-refractivity contribution in [2.75, 3.05) is 6.61 Å². The van der Waals surface area contributed by atoms with Gasteiger partial charge in [-0.1, -0.05) is 41.4 Å². The van der Waals surface area contributed by atoms with Crippen molar-refractivity contribution in [3.05, 3.63) is 43.4 Å². The maximum atomic E-state index is 11.6. The lowest BCUT2D eigenvalue weighted by Gasteiger charge is -2.09. The average Bonchev–Trinajstić information content (AvgIpc) is 2.34. The highest BCUT2D eigenvalue weighted by atomic mass is 35.5. The molecule has 0 aliphatic heterocycles. The van der Waals surface area contributed by atoms with Crippen molar-refractivity contribution in [3.63, 3.8) is 0 Å². The highest BCUT2D eigenvalue weighted by molar-refractivity contribution is 6.49. The van der Waals surface area contributed by atoms with Crippen LogP contribution in [0, 0.1) is 10.1 Å². The summed E-state index contributed by atoms with van der Waals surface area (Å²) < 4.78 is 4.72. The maximum Gasteiger partial charge on any atom is 0.338 e. The molecule has 0 atom stereocenters. The molecular formula is C11H8Cl3NO4. The van der Waals surface area contributed by atoms with Gasteiger partial charge in [0.25, 0.3) is 5.69 Å². The van der Waals surface area contributed by atoms with Crippen molar-refractivity contribution in [3.8, 4) is 0 Å². The van der Waals surface area contributed by atoms with Crippen LogP contribution in [0.1, 0.15) is 12.5 Å². The van der Waals surface area contributed by atoms with E-state index < -0.39 is 16.6 Å². The van der Waals surface area contributed by atoms with Crippen molar-refractivity contribution >= 4 is 52.0 Å². The monoisotopic (exact) mass is 323 g/mol. The van der Waals surface area contributed by atoms with Crippen LogP contribution in [-0.4, -0.2) is 17.5 Å². The Balaban J connectivity index is 3.46. The molecule has 0 fully saturated rings. The van der Waals surface area contributed by atoms with Crippen LogP contribution in [0.2, 0.25) is 15.1 Å². The van der Waals surface area contributed by atoms with Crippen LogP contribution < -0.4 is 0 Å². The minimum Gasteiger partial charge on any atom is -0.462 e. The van der Waals surface area contributed by atoms with E-state index in [2.05, 4.69) is 6.58 Å². The third-order valence-electron chi connectivity index (χ3n) is 2.17. The molecular weight excluding hydrogens is 316 g/mol. The molecule has 102 valence electrons. The molecule has 19 heavy (non-hydrogen) atoms. The molecule has 0 heterocycles. The molecule has 1 rings (SSSR count). The molecule has 0 saturated carbocycles. The Hall–Kier alpha value is -1.30. The average molecular weight is 325 g/mol. The quantitative estimate of drug-likeness (QED) is 0.274. The standard InChI is InChI=1S/C11H8Cl3NO4/c1-3-19-11(16)5(2)6-4-7(12)8(13)9(14)10(6)15(17)18/h4H,2-3H2,1H3. The number of hydrogen-bond donors (Lipinski definition) is 0. The molecule has 0 N–H and O–H groups in total. The fourth-order valence-corrected chi connectivity index (χ4v) is 1.99. The van der Waals surface area contributed by atoms with Crippen molar-refractivity contribution < 1.29 is 14.5 Å². The summed E-state index contributed by atoms with van der Waals surface area (Å²) in [4.78, 5) is 21.8. The molecule has 1 aromatic rings. The van der Waals surface area contributed by atoms with Crippen LogP contribution in [0.15, 0.2) is 12.6 Å². The van der Waals surface area contributed by atoms with Gasteiger partial charge in [-0.15, -0.1) is 0 Å². The summed E-state index contributed by atoms with van der Waals surface area (Å²) in [6.07, 6.45) is 0. The molecule has 5 nitrogen and oxygen atoms in total. The Morgan fingerprint density at radius 1 is 1.42 bits per heavy atom. The number of rotatable bonds is 4. The molecule has 0 aliphatic carbocycles. The summed E-state index contributed by atoms with van der Waals surface area (Å²) in [5.41, 5.74) is -0.869. The number of carbonyl (C=O) groups is 1. The third-order valence-corrected chi connectivity index (χ3v) is 3.42. The molecule has 0 bridgehead atoms. The minimum atomic E-state index is -0.792. The van der Waals surface area contributed by atoms with Gasteiger partial charge in [-0.2, -0.15) is 0 Å². The van der Waals surface area contributed by atoms with E-state index in [4.69, 9.17) is 39.5 Å². The van der Waals surface area contributed by atoms with Gasteiger partial charge in [0.2, 0.25) is 0 Å². The molecule has 0 radical (unpaired) electrons. The first kappa shape index (κ1) is 15.8. The van der Waals surface area contributed by atoms with E-state index in [1.807, 2.05) is 0 Å². The lowest BCUT2D eigenvalue weighted by Crippen LogP contribution is -2.08. The maximum absolute atomic E-state index is 11.6. The first-order valence-electron chi connectivity index (χ1n) is 4.99. The third kappa shape index (κ3) is 3.18. The summed E-state index contributed by atoms with van der Waals surface area (Å²) >= 11 is 17.3. The van der Waals surface area contributed by atoms with Crippen molar-refractivity contribution in [2.45, 2.75) is 6.92 Å². The summed E-state index contributed by atoms with van der Waals surface area (Å²) in [5.74, 6) is -0.792. The summed E-state index contributed by atoms with van der Waals surface area (Å²) in [5, 5.41) is 10.5. The fraction of sp³-hybridized carbons (Fsp3) is 0.182. The van der Waals surface area contributed by atoms with Crippen LogP contribution in [0.4, 0.5) is 5.69 Å². The van der Waals surface area contributed by atoms with Gasteiger partial charge in [-0.05, 0) is 13.0 Å². The van der Waals surface area contributed by atoms with Gasteiger partial charge in [0.05, 0.1) is 32.7 Å². The predicted molar refractivity (Wildman–Crippen MR) is 73.8 cm³/mol. The van der Waals surface area contributed by atoms with Gasteiger partial charge >= 0.3 is 5.97 Å². The van der Waals surface area contributed by atoms with Crippen LogP contribution in [0.25, 0.3) is 5.57 Å². The zero-order valence-corrected chi connectivity index (χ0v) is 12.0. The fourth-order valence-electron chi connectivity index (χ4n) is 1.32. The van der Waals surface area contributed by atoms with Gasteiger partial charge in [-0.25, -0.2) is 4.79 Å². The summed E-state index contributed by atoms with van der Waals surface area (Å²) in [6, 6.07) is 1.16. The number of benzene rings is 1. The van der Waals surface area contributed by atoms with Gasteiger partial charge in [-0.3, -0.25) is 10.1 Å². The Bertz CT molecular complexity index is 572. The molecule has 1 aromatic carbocycles. The second-order valence-electron chi connectivity index (χ2n) is 3.34. The summed E-state index contributed by atoms with van der Waals surface area (Å²) in [6.45, 7) is 5.17. The number of esters is 1. The number of nitro groups is 1. The lowest BCUT2D eigenvalue weighted by atomic mass is 10.1. The van der Waals surface area contributed by atoms with E-state index in [9.17, 15) is 14.9 Å². The number of nitro benzene ring substituents is 1. The smallest absolute Gasteiger partial charge is 0.338 e.